The zero-order valence-corrected chi connectivity index (χ0v) is 10.5. The van der Waals surface area contributed by atoms with Crippen LogP contribution >= 0.6 is 0 Å². The summed E-state index contributed by atoms with van der Waals surface area (Å²) in [4.78, 5) is 4.50. The SMILES string of the molecule is Oc1ccccc1CNCc1cn2ccccc2n1. The number of benzene rings is 1. The van der Waals surface area contributed by atoms with E-state index in [4.69, 9.17) is 0 Å². The second kappa shape index (κ2) is 5.12. The lowest BCUT2D eigenvalue weighted by atomic mass is 10.2. The molecule has 3 aromatic rings. The average Bonchev–Trinajstić information content (AvgIpc) is 2.83. The first-order chi connectivity index (χ1) is 9.33. The fraction of sp³-hybridized carbons (Fsp3) is 0.133. The van der Waals surface area contributed by atoms with Gasteiger partial charge in [-0.15, -0.1) is 0 Å². The molecule has 2 N–H and O–H groups in total. The molecule has 0 radical (unpaired) electrons. The van der Waals surface area contributed by atoms with Gasteiger partial charge in [-0.1, -0.05) is 24.3 Å². The number of aromatic hydroxyl groups is 1. The summed E-state index contributed by atoms with van der Waals surface area (Å²) >= 11 is 0. The molecular formula is C15H15N3O. The van der Waals surface area contributed by atoms with Gasteiger partial charge >= 0.3 is 0 Å². The van der Waals surface area contributed by atoms with Crippen molar-refractivity contribution in [2.24, 2.45) is 0 Å². The van der Waals surface area contributed by atoms with Gasteiger partial charge in [0, 0.05) is 31.0 Å². The van der Waals surface area contributed by atoms with Gasteiger partial charge in [-0.3, -0.25) is 0 Å². The summed E-state index contributed by atoms with van der Waals surface area (Å²) in [5.74, 6) is 0.324. The van der Waals surface area contributed by atoms with E-state index in [9.17, 15) is 5.11 Å². The van der Waals surface area contributed by atoms with Crippen LogP contribution in [-0.4, -0.2) is 14.5 Å². The van der Waals surface area contributed by atoms with E-state index >= 15 is 0 Å². The highest BCUT2D eigenvalue weighted by atomic mass is 16.3. The summed E-state index contributed by atoms with van der Waals surface area (Å²) in [7, 11) is 0. The normalized spacial score (nSPS) is 10.9. The standard InChI is InChI=1S/C15H15N3O/c19-14-6-2-1-5-12(14)9-16-10-13-11-18-8-4-3-7-15(18)17-13/h1-8,11,16,19H,9-10H2. The molecule has 3 rings (SSSR count). The van der Waals surface area contributed by atoms with E-state index in [0.29, 0.717) is 18.8 Å². The maximum atomic E-state index is 9.66. The van der Waals surface area contributed by atoms with Crippen molar-refractivity contribution in [3.05, 3.63) is 66.1 Å². The van der Waals surface area contributed by atoms with Crippen molar-refractivity contribution in [3.63, 3.8) is 0 Å². The largest absolute Gasteiger partial charge is 0.508 e. The molecule has 4 nitrogen and oxygen atoms in total. The fourth-order valence-corrected chi connectivity index (χ4v) is 2.06. The Bertz CT molecular complexity index is 657. The van der Waals surface area contributed by atoms with Crippen molar-refractivity contribution in [3.8, 4) is 5.75 Å². The molecule has 0 bridgehead atoms. The Morgan fingerprint density at radius 2 is 1.89 bits per heavy atom. The molecule has 4 heteroatoms. The number of imidazole rings is 1. The van der Waals surface area contributed by atoms with Crippen LogP contribution in [-0.2, 0) is 13.1 Å². The van der Waals surface area contributed by atoms with E-state index in [2.05, 4.69) is 10.3 Å². The number of pyridine rings is 1. The third-order valence-electron chi connectivity index (χ3n) is 3.03. The van der Waals surface area contributed by atoms with E-state index in [-0.39, 0.29) is 0 Å². The lowest BCUT2D eigenvalue weighted by Crippen LogP contribution is -2.12. The van der Waals surface area contributed by atoms with Gasteiger partial charge < -0.3 is 14.8 Å². The number of para-hydroxylation sites is 1. The minimum atomic E-state index is 0.324. The van der Waals surface area contributed by atoms with Gasteiger partial charge in [0.1, 0.15) is 11.4 Å². The number of phenolic OH excluding ortho intramolecular Hbond substituents is 1. The van der Waals surface area contributed by atoms with E-state index in [0.717, 1.165) is 16.9 Å². The number of rotatable bonds is 4. The van der Waals surface area contributed by atoms with Gasteiger partial charge in [0.25, 0.3) is 0 Å². The molecule has 0 saturated carbocycles. The van der Waals surface area contributed by atoms with Gasteiger partial charge in [-0.2, -0.15) is 0 Å². The van der Waals surface area contributed by atoms with Crippen LogP contribution in [0.3, 0.4) is 0 Å². The number of aromatic nitrogens is 2. The topological polar surface area (TPSA) is 49.6 Å². The first-order valence-corrected chi connectivity index (χ1v) is 6.23. The highest BCUT2D eigenvalue weighted by Crippen LogP contribution is 2.15. The number of nitrogens with zero attached hydrogens (tertiary/aromatic N) is 2. The fourth-order valence-electron chi connectivity index (χ4n) is 2.06. The average molecular weight is 253 g/mol. The quantitative estimate of drug-likeness (QED) is 0.750. The van der Waals surface area contributed by atoms with Crippen LogP contribution in [0.15, 0.2) is 54.9 Å². The number of hydrogen-bond acceptors (Lipinski definition) is 3. The Morgan fingerprint density at radius 3 is 2.74 bits per heavy atom. The first-order valence-electron chi connectivity index (χ1n) is 6.23. The second-order valence-electron chi connectivity index (χ2n) is 4.43. The Balaban J connectivity index is 1.65. The highest BCUT2D eigenvalue weighted by molar-refractivity contribution is 5.39. The Kier molecular flexibility index (Phi) is 3.16. The molecule has 0 unspecified atom stereocenters. The molecule has 0 aliphatic rings. The monoisotopic (exact) mass is 253 g/mol. The molecule has 2 heterocycles. The smallest absolute Gasteiger partial charge is 0.137 e. The van der Waals surface area contributed by atoms with Gasteiger partial charge in [-0.05, 0) is 18.2 Å². The van der Waals surface area contributed by atoms with E-state index < -0.39 is 0 Å². The predicted octanol–water partition coefficient (Wildman–Crippen LogP) is 2.33. The van der Waals surface area contributed by atoms with Crippen LogP contribution < -0.4 is 5.32 Å². The number of nitrogens with one attached hydrogen (secondary N) is 1. The van der Waals surface area contributed by atoms with E-state index in [1.54, 1.807) is 6.07 Å². The third kappa shape index (κ3) is 2.58. The molecule has 0 aliphatic carbocycles. The van der Waals surface area contributed by atoms with E-state index in [1.165, 1.54) is 0 Å². The Hall–Kier alpha value is -2.33. The molecule has 2 aromatic heterocycles. The van der Waals surface area contributed by atoms with Crippen molar-refractivity contribution in [1.29, 1.82) is 0 Å². The molecular weight excluding hydrogens is 238 g/mol. The third-order valence-corrected chi connectivity index (χ3v) is 3.03. The summed E-state index contributed by atoms with van der Waals surface area (Å²) in [5, 5.41) is 12.9. The maximum Gasteiger partial charge on any atom is 0.137 e. The molecule has 96 valence electrons. The minimum Gasteiger partial charge on any atom is -0.508 e. The second-order valence-corrected chi connectivity index (χ2v) is 4.43. The Morgan fingerprint density at radius 1 is 1.05 bits per heavy atom. The molecule has 0 saturated heterocycles. The summed E-state index contributed by atoms with van der Waals surface area (Å²) in [5.41, 5.74) is 2.83. The lowest BCUT2D eigenvalue weighted by Gasteiger charge is -2.04. The maximum absolute atomic E-state index is 9.66. The zero-order chi connectivity index (χ0) is 13.1. The molecule has 0 aliphatic heterocycles. The molecule has 0 spiro atoms. The summed E-state index contributed by atoms with van der Waals surface area (Å²) in [6, 6.07) is 13.3. The Labute approximate surface area is 111 Å². The highest BCUT2D eigenvalue weighted by Gasteiger charge is 2.02. The van der Waals surface area contributed by atoms with Crippen molar-refractivity contribution < 1.29 is 5.11 Å². The minimum absolute atomic E-state index is 0.324. The van der Waals surface area contributed by atoms with Crippen molar-refractivity contribution >= 4 is 5.65 Å². The molecule has 0 amide bonds. The van der Waals surface area contributed by atoms with Crippen LogP contribution in [0.1, 0.15) is 11.3 Å². The van der Waals surface area contributed by atoms with Crippen LogP contribution in [0.5, 0.6) is 5.75 Å². The first kappa shape index (κ1) is 11.7. The van der Waals surface area contributed by atoms with Gasteiger partial charge in [0.05, 0.1) is 5.69 Å². The number of hydrogen-bond donors (Lipinski definition) is 2. The zero-order valence-electron chi connectivity index (χ0n) is 10.5. The van der Waals surface area contributed by atoms with Crippen molar-refractivity contribution in [2.75, 3.05) is 0 Å². The molecule has 0 atom stereocenters. The van der Waals surface area contributed by atoms with E-state index in [1.807, 2.05) is 53.2 Å². The summed E-state index contributed by atoms with van der Waals surface area (Å²) in [6.07, 6.45) is 3.99. The van der Waals surface area contributed by atoms with Gasteiger partial charge in [0.2, 0.25) is 0 Å². The number of phenols is 1. The van der Waals surface area contributed by atoms with Gasteiger partial charge in [-0.25, -0.2) is 4.98 Å². The summed E-state index contributed by atoms with van der Waals surface area (Å²) < 4.78 is 2.00. The van der Waals surface area contributed by atoms with Crippen molar-refractivity contribution in [1.82, 2.24) is 14.7 Å². The molecule has 1 aromatic carbocycles. The van der Waals surface area contributed by atoms with Crippen LogP contribution in [0.25, 0.3) is 5.65 Å². The number of fused-ring (bicyclic) bond motifs is 1. The molecule has 0 fully saturated rings. The van der Waals surface area contributed by atoms with Crippen LogP contribution in [0, 0.1) is 0 Å². The van der Waals surface area contributed by atoms with Gasteiger partial charge in [0.15, 0.2) is 0 Å². The van der Waals surface area contributed by atoms with Crippen molar-refractivity contribution in [2.45, 2.75) is 13.1 Å². The lowest BCUT2D eigenvalue weighted by molar-refractivity contribution is 0.464. The van der Waals surface area contributed by atoms with Crippen LogP contribution in [0.4, 0.5) is 0 Å². The summed E-state index contributed by atoms with van der Waals surface area (Å²) in [6.45, 7) is 1.30. The molecule has 19 heavy (non-hydrogen) atoms. The van der Waals surface area contributed by atoms with Crippen LogP contribution in [0.2, 0.25) is 0 Å². The predicted molar refractivity (Wildman–Crippen MR) is 73.8 cm³/mol.